The Morgan fingerprint density at radius 3 is 2.26 bits per heavy atom. The number of aryl methyl sites for hydroxylation is 1. The van der Waals surface area contributed by atoms with Crippen molar-refractivity contribution < 1.29 is 41.8 Å². The Balaban J connectivity index is 1.47. The summed E-state index contributed by atoms with van der Waals surface area (Å²) >= 11 is 0. The van der Waals surface area contributed by atoms with E-state index in [0.29, 0.717) is 15.4 Å². The Morgan fingerprint density at radius 1 is 1.14 bits per heavy atom. The van der Waals surface area contributed by atoms with Gasteiger partial charge in [0.15, 0.2) is 23.3 Å². The molecule has 2 aromatic carbocycles. The van der Waals surface area contributed by atoms with E-state index < -0.39 is 56.1 Å². The van der Waals surface area contributed by atoms with Crippen molar-refractivity contribution in [3.63, 3.8) is 0 Å². The highest BCUT2D eigenvalue weighted by atomic mass is 32.2. The third-order valence-corrected chi connectivity index (χ3v) is 8.46. The van der Waals surface area contributed by atoms with E-state index in [0.717, 1.165) is 0 Å². The molecule has 1 saturated heterocycles. The number of imide groups is 1. The summed E-state index contributed by atoms with van der Waals surface area (Å²) in [7, 11) is -4.68. The van der Waals surface area contributed by atoms with Crippen molar-refractivity contribution in [3.05, 3.63) is 99.3 Å². The molecule has 43 heavy (non-hydrogen) atoms. The fourth-order valence-electron chi connectivity index (χ4n) is 4.88. The van der Waals surface area contributed by atoms with Crippen LogP contribution < -0.4 is 4.72 Å². The quantitative estimate of drug-likeness (QED) is 0.0882. The van der Waals surface area contributed by atoms with Gasteiger partial charge in [0.05, 0.1) is 16.1 Å². The van der Waals surface area contributed by atoms with Crippen LogP contribution in [0.5, 0.6) is 0 Å². The standard InChI is InChI=1S/C27H23N5O10S/c1-14(2)21(27(36)41-13-16-8-10-17(11-9-16)32(37)38)31-25(35)22(26(31)43(39,40)29-20-12-15(3)42-28-20)30-23(33)18-6-4-5-7-19(18)24(30)34/h4-12,21-22,26H,1,13H2,2-3H3,(H,28,29). The molecule has 0 bridgehead atoms. The van der Waals surface area contributed by atoms with Crippen molar-refractivity contribution in [2.45, 2.75) is 37.9 Å². The second-order valence-corrected chi connectivity index (χ2v) is 11.6. The van der Waals surface area contributed by atoms with Gasteiger partial charge in [0, 0.05) is 18.2 Å². The Labute approximate surface area is 243 Å². The van der Waals surface area contributed by atoms with E-state index in [9.17, 15) is 37.7 Å². The van der Waals surface area contributed by atoms with Crippen LogP contribution in [0.1, 0.15) is 39.0 Å². The number of hydrogen-bond acceptors (Lipinski definition) is 11. The Kier molecular flexibility index (Phi) is 7.31. The lowest BCUT2D eigenvalue weighted by molar-refractivity contribution is -0.384. The van der Waals surface area contributed by atoms with Crippen LogP contribution in [0.15, 0.2) is 71.3 Å². The number of amides is 3. The molecular weight excluding hydrogens is 586 g/mol. The molecule has 0 radical (unpaired) electrons. The van der Waals surface area contributed by atoms with Crippen LogP contribution >= 0.6 is 0 Å². The number of β-lactam (4-membered cyclic amide) rings is 1. The van der Waals surface area contributed by atoms with Crippen LogP contribution in [0.4, 0.5) is 11.5 Å². The van der Waals surface area contributed by atoms with E-state index in [-0.39, 0.29) is 40.6 Å². The molecular formula is C27H23N5O10S. The van der Waals surface area contributed by atoms with E-state index in [1.54, 1.807) is 0 Å². The molecule has 2 aliphatic rings. The maximum atomic E-state index is 13.7. The molecule has 1 aromatic heterocycles. The van der Waals surface area contributed by atoms with Crippen LogP contribution in [0.3, 0.4) is 0 Å². The largest absolute Gasteiger partial charge is 0.459 e. The minimum Gasteiger partial charge on any atom is -0.459 e. The second kappa shape index (κ2) is 10.8. The SMILES string of the molecule is C=C(C)C(C(=O)OCc1ccc([N+](=O)[O-])cc1)N1C(=O)C(N2C(=O)c3ccccc3C2=O)C1S(=O)(=O)Nc1cc(C)on1. The molecule has 3 aromatic rings. The van der Waals surface area contributed by atoms with Gasteiger partial charge in [-0.05, 0) is 49.2 Å². The summed E-state index contributed by atoms with van der Waals surface area (Å²) in [6.45, 7) is 6.26. The van der Waals surface area contributed by atoms with Gasteiger partial charge in [0.2, 0.25) is 0 Å². The maximum Gasteiger partial charge on any atom is 0.333 e. The molecule has 0 aliphatic carbocycles. The van der Waals surface area contributed by atoms with Gasteiger partial charge in [-0.15, -0.1) is 0 Å². The number of esters is 1. The highest BCUT2D eigenvalue weighted by molar-refractivity contribution is 7.93. The summed E-state index contributed by atoms with van der Waals surface area (Å²) in [5, 5.41) is 12.6. The molecule has 1 fully saturated rings. The Hall–Kier alpha value is -5.38. The Morgan fingerprint density at radius 2 is 1.74 bits per heavy atom. The van der Waals surface area contributed by atoms with Gasteiger partial charge in [0.1, 0.15) is 12.4 Å². The van der Waals surface area contributed by atoms with Gasteiger partial charge < -0.3 is 14.2 Å². The molecule has 2 aliphatic heterocycles. The predicted octanol–water partition coefficient (Wildman–Crippen LogP) is 2.15. The number of ether oxygens (including phenoxy) is 1. The molecule has 1 N–H and O–H groups in total. The van der Waals surface area contributed by atoms with Gasteiger partial charge in [-0.2, -0.15) is 0 Å². The lowest BCUT2D eigenvalue weighted by Crippen LogP contribution is -2.77. The first kappa shape index (κ1) is 29.1. The van der Waals surface area contributed by atoms with Gasteiger partial charge in [-0.1, -0.05) is 23.9 Å². The highest BCUT2D eigenvalue weighted by Gasteiger charge is 2.64. The molecule has 222 valence electrons. The number of likely N-dealkylation sites (tertiary alicyclic amines) is 1. The first-order valence-corrected chi connectivity index (χ1v) is 14.2. The summed E-state index contributed by atoms with van der Waals surface area (Å²) in [6.07, 6.45) is 0. The van der Waals surface area contributed by atoms with E-state index >= 15 is 0 Å². The van der Waals surface area contributed by atoms with E-state index in [2.05, 4.69) is 16.5 Å². The molecule has 3 unspecified atom stereocenters. The zero-order chi connectivity index (χ0) is 31.2. The molecule has 3 heterocycles. The van der Waals surface area contributed by atoms with Gasteiger partial charge in [0.25, 0.3) is 33.4 Å². The van der Waals surface area contributed by atoms with Crippen LogP contribution in [0, 0.1) is 17.0 Å². The number of nitrogens with one attached hydrogen (secondary N) is 1. The minimum absolute atomic E-state index is 0.00561. The molecule has 0 spiro atoms. The topological polar surface area (TPSA) is 199 Å². The average Bonchev–Trinajstić information content (AvgIpc) is 3.47. The molecule has 3 atom stereocenters. The van der Waals surface area contributed by atoms with Crippen molar-refractivity contribution in [2.75, 3.05) is 4.72 Å². The number of anilines is 1. The third-order valence-electron chi connectivity index (χ3n) is 6.84. The average molecular weight is 610 g/mol. The van der Waals surface area contributed by atoms with Gasteiger partial charge in [-0.3, -0.25) is 34.1 Å². The lowest BCUT2D eigenvalue weighted by Gasteiger charge is -2.50. The number of nitro groups is 1. The highest BCUT2D eigenvalue weighted by Crippen LogP contribution is 2.38. The van der Waals surface area contributed by atoms with Crippen molar-refractivity contribution in [1.82, 2.24) is 15.0 Å². The number of non-ortho nitro benzene ring substituents is 1. The number of aromatic nitrogens is 1. The van der Waals surface area contributed by atoms with Crippen LogP contribution in [0.2, 0.25) is 0 Å². The smallest absolute Gasteiger partial charge is 0.333 e. The number of nitrogens with zero attached hydrogens (tertiary/aromatic N) is 4. The molecule has 5 rings (SSSR count). The number of rotatable bonds is 10. The summed E-state index contributed by atoms with van der Waals surface area (Å²) < 4.78 is 39.9. The van der Waals surface area contributed by atoms with Crippen LogP contribution in [0.25, 0.3) is 0 Å². The first-order valence-electron chi connectivity index (χ1n) is 12.6. The molecule has 3 amide bonds. The van der Waals surface area contributed by atoms with E-state index in [4.69, 9.17) is 9.26 Å². The zero-order valence-electron chi connectivity index (χ0n) is 22.6. The molecule has 16 heteroatoms. The third kappa shape index (κ3) is 5.12. The van der Waals surface area contributed by atoms with Crippen LogP contribution in [-0.4, -0.2) is 69.4 Å². The second-order valence-electron chi connectivity index (χ2n) is 9.86. The maximum absolute atomic E-state index is 13.7. The predicted molar refractivity (Wildman–Crippen MR) is 147 cm³/mol. The fourth-order valence-corrected chi connectivity index (χ4v) is 6.49. The number of carbonyl (C=O) groups excluding carboxylic acids is 4. The summed E-state index contributed by atoms with van der Waals surface area (Å²) in [5.41, 5.74) is 0.219. The van der Waals surface area contributed by atoms with Crippen molar-refractivity contribution in [2.24, 2.45) is 0 Å². The number of hydrogen-bond donors (Lipinski definition) is 1. The number of benzene rings is 2. The normalized spacial score (nSPS) is 18.6. The first-order chi connectivity index (χ1) is 20.3. The molecule has 15 nitrogen and oxygen atoms in total. The molecule has 0 saturated carbocycles. The summed E-state index contributed by atoms with van der Waals surface area (Å²) in [5.74, 6) is -3.78. The summed E-state index contributed by atoms with van der Waals surface area (Å²) in [4.78, 5) is 65.0. The van der Waals surface area contributed by atoms with Crippen LogP contribution in [-0.2, 0) is 31.0 Å². The summed E-state index contributed by atoms with van der Waals surface area (Å²) in [6, 6.07) is 8.75. The van der Waals surface area contributed by atoms with E-state index in [1.807, 2.05) is 0 Å². The number of fused-ring (bicyclic) bond motifs is 1. The minimum atomic E-state index is -4.68. The van der Waals surface area contributed by atoms with Crippen molar-refractivity contribution >= 4 is 45.2 Å². The monoisotopic (exact) mass is 609 g/mol. The number of carbonyl (C=O) groups is 4. The van der Waals surface area contributed by atoms with Gasteiger partial charge >= 0.3 is 5.97 Å². The Bertz CT molecular complexity index is 1760. The zero-order valence-corrected chi connectivity index (χ0v) is 23.4. The van der Waals surface area contributed by atoms with Crippen molar-refractivity contribution in [3.8, 4) is 0 Å². The van der Waals surface area contributed by atoms with Crippen molar-refractivity contribution in [1.29, 1.82) is 0 Å². The lowest BCUT2D eigenvalue weighted by atomic mass is 9.98. The fraction of sp³-hybridized carbons (Fsp3) is 0.222. The van der Waals surface area contributed by atoms with E-state index in [1.165, 1.54) is 68.4 Å². The van der Waals surface area contributed by atoms with Gasteiger partial charge in [-0.25, -0.2) is 13.2 Å². The number of sulfonamides is 1. The number of nitro benzene ring substituents is 1.